The number of aryl methyl sites for hydroxylation is 1. The van der Waals surface area contributed by atoms with Crippen LogP contribution in [0.4, 0.5) is 5.69 Å². The van der Waals surface area contributed by atoms with E-state index in [4.69, 9.17) is 26.2 Å². The lowest BCUT2D eigenvalue weighted by molar-refractivity contribution is -0.116. The number of rotatable bonds is 7. The molecule has 0 unspecified atom stereocenters. The van der Waals surface area contributed by atoms with Crippen molar-refractivity contribution < 1.29 is 22.7 Å². The summed E-state index contributed by atoms with van der Waals surface area (Å²) in [5.41, 5.74) is 1.19. The molecule has 1 amide bonds. The Bertz CT molecular complexity index is 915. The van der Waals surface area contributed by atoms with Crippen LogP contribution < -0.4 is 19.9 Å². The normalized spacial score (nSPS) is 11.1. The Hall–Kier alpha value is -2.29. The summed E-state index contributed by atoms with van der Waals surface area (Å²) in [5, 5.41) is 8.27. The van der Waals surface area contributed by atoms with Gasteiger partial charge in [-0.1, -0.05) is 17.7 Å². The fourth-order valence-electron chi connectivity index (χ4n) is 2.32. The largest absolute Gasteiger partial charge is 0.495 e. The predicted molar refractivity (Wildman–Crippen MR) is 99.3 cm³/mol. The summed E-state index contributed by atoms with van der Waals surface area (Å²) in [6.07, 6.45) is 0.660. The van der Waals surface area contributed by atoms with E-state index in [0.717, 1.165) is 5.56 Å². The molecule has 0 saturated carbocycles. The second-order valence-electron chi connectivity index (χ2n) is 5.43. The van der Waals surface area contributed by atoms with Crippen LogP contribution in [0.15, 0.2) is 41.3 Å². The molecule has 0 atom stereocenters. The van der Waals surface area contributed by atoms with E-state index in [1.165, 1.54) is 32.4 Å². The Balaban J connectivity index is 2.05. The van der Waals surface area contributed by atoms with E-state index in [9.17, 15) is 13.2 Å². The number of nitrogens with one attached hydrogen (secondary N) is 1. The number of hydrogen-bond donors (Lipinski definition) is 2. The van der Waals surface area contributed by atoms with Crippen LogP contribution in [0.5, 0.6) is 11.5 Å². The third-order valence-electron chi connectivity index (χ3n) is 3.61. The van der Waals surface area contributed by atoms with Gasteiger partial charge in [0.25, 0.3) is 0 Å². The maximum atomic E-state index is 12.1. The number of carbonyl (C=O) groups is 1. The third-order valence-corrected chi connectivity index (χ3v) is 4.84. The average molecular weight is 399 g/mol. The summed E-state index contributed by atoms with van der Waals surface area (Å²) in [5.74, 6) is 0.398. The molecule has 0 fully saturated rings. The highest BCUT2D eigenvalue weighted by molar-refractivity contribution is 7.89. The molecule has 0 heterocycles. The van der Waals surface area contributed by atoms with Gasteiger partial charge in [0.1, 0.15) is 16.4 Å². The number of sulfonamides is 1. The maximum Gasteiger partial charge on any atom is 0.241 e. The minimum atomic E-state index is -3.97. The third kappa shape index (κ3) is 5.10. The van der Waals surface area contributed by atoms with Gasteiger partial charge < -0.3 is 14.8 Å². The van der Waals surface area contributed by atoms with Crippen LogP contribution >= 0.6 is 11.6 Å². The first-order chi connectivity index (χ1) is 12.2. The molecule has 0 aliphatic heterocycles. The van der Waals surface area contributed by atoms with E-state index in [2.05, 4.69) is 5.32 Å². The highest BCUT2D eigenvalue weighted by Gasteiger charge is 2.16. The number of nitrogens with two attached hydrogens (primary N) is 1. The van der Waals surface area contributed by atoms with E-state index in [1.807, 2.05) is 6.07 Å². The van der Waals surface area contributed by atoms with Crippen LogP contribution in [0.2, 0.25) is 5.02 Å². The molecule has 7 nitrogen and oxygen atoms in total. The molecule has 26 heavy (non-hydrogen) atoms. The van der Waals surface area contributed by atoms with Crippen molar-refractivity contribution in [2.24, 2.45) is 5.14 Å². The minimum Gasteiger partial charge on any atom is -0.495 e. The molecule has 140 valence electrons. The van der Waals surface area contributed by atoms with Crippen molar-refractivity contribution in [1.82, 2.24) is 0 Å². The lowest BCUT2D eigenvalue weighted by Gasteiger charge is -2.10. The molecule has 2 aromatic rings. The van der Waals surface area contributed by atoms with Crippen molar-refractivity contribution in [3.05, 3.63) is 47.0 Å². The molecule has 0 aromatic heterocycles. The number of benzene rings is 2. The lowest BCUT2D eigenvalue weighted by Crippen LogP contribution is -2.16. The monoisotopic (exact) mass is 398 g/mol. The zero-order valence-electron chi connectivity index (χ0n) is 14.3. The van der Waals surface area contributed by atoms with Gasteiger partial charge in [-0.25, -0.2) is 13.6 Å². The Morgan fingerprint density at radius 1 is 1.12 bits per heavy atom. The number of ether oxygens (including phenoxy) is 2. The summed E-state index contributed by atoms with van der Waals surface area (Å²) in [6, 6.07) is 9.52. The van der Waals surface area contributed by atoms with Gasteiger partial charge in [-0.2, -0.15) is 0 Å². The van der Waals surface area contributed by atoms with E-state index >= 15 is 0 Å². The van der Waals surface area contributed by atoms with Crippen LogP contribution in [-0.4, -0.2) is 28.5 Å². The summed E-state index contributed by atoms with van der Waals surface area (Å²) in [6.45, 7) is 0. The summed E-state index contributed by atoms with van der Waals surface area (Å²) in [7, 11) is -1.11. The molecular weight excluding hydrogens is 380 g/mol. The molecule has 9 heteroatoms. The Kier molecular flexibility index (Phi) is 6.47. The van der Waals surface area contributed by atoms with Crippen molar-refractivity contribution in [3.63, 3.8) is 0 Å². The second-order valence-corrected chi connectivity index (χ2v) is 7.36. The molecule has 0 radical (unpaired) electrons. The van der Waals surface area contributed by atoms with Crippen LogP contribution in [-0.2, 0) is 21.2 Å². The SMILES string of the molecule is COc1ccc(CCC(=O)Nc2ccc(OC)c(S(N)(=O)=O)c2)cc1Cl. The smallest absolute Gasteiger partial charge is 0.241 e. The zero-order chi connectivity index (χ0) is 19.3. The first kappa shape index (κ1) is 20.0. The number of primary sulfonamides is 1. The highest BCUT2D eigenvalue weighted by Crippen LogP contribution is 2.27. The zero-order valence-corrected chi connectivity index (χ0v) is 15.9. The quantitative estimate of drug-likeness (QED) is 0.745. The van der Waals surface area contributed by atoms with Gasteiger partial charge in [0.15, 0.2) is 0 Å². The number of anilines is 1. The summed E-state index contributed by atoms with van der Waals surface area (Å²) < 4.78 is 33.3. The van der Waals surface area contributed by atoms with Crippen molar-refractivity contribution in [3.8, 4) is 11.5 Å². The van der Waals surface area contributed by atoms with Gasteiger partial charge in [-0.3, -0.25) is 4.79 Å². The van der Waals surface area contributed by atoms with Crippen molar-refractivity contribution in [2.45, 2.75) is 17.7 Å². The van der Waals surface area contributed by atoms with Crippen molar-refractivity contribution >= 4 is 33.2 Å². The van der Waals surface area contributed by atoms with E-state index in [-0.39, 0.29) is 23.0 Å². The second kappa shape index (κ2) is 8.39. The van der Waals surface area contributed by atoms with Gasteiger partial charge in [0.2, 0.25) is 15.9 Å². The van der Waals surface area contributed by atoms with Crippen LogP contribution in [0.1, 0.15) is 12.0 Å². The number of halogens is 1. The molecule has 0 saturated heterocycles. The Morgan fingerprint density at radius 3 is 2.35 bits per heavy atom. The van der Waals surface area contributed by atoms with Crippen molar-refractivity contribution in [2.75, 3.05) is 19.5 Å². The van der Waals surface area contributed by atoms with Gasteiger partial charge >= 0.3 is 0 Å². The minimum absolute atomic E-state index is 0.110. The molecule has 0 spiro atoms. The van der Waals surface area contributed by atoms with Gasteiger partial charge in [-0.15, -0.1) is 0 Å². The first-order valence-corrected chi connectivity index (χ1v) is 9.50. The molecular formula is C17H19ClN2O5S. The van der Waals surface area contributed by atoms with Gasteiger partial charge in [0.05, 0.1) is 19.2 Å². The molecule has 3 N–H and O–H groups in total. The molecule has 0 aliphatic carbocycles. The summed E-state index contributed by atoms with van der Waals surface area (Å²) >= 11 is 6.06. The van der Waals surface area contributed by atoms with E-state index in [0.29, 0.717) is 22.9 Å². The molecule has 0 bridgehead atoms. The topological polar surface area (TPSA) is 108 Å². The highest BCUT2D eigenvalue weighted by atomic mass is 35.5. The standard InChI is InChI=1S/C17H19ClN2O5S/c1-24-14-6-3-11(9-13(14)18)4-8-17(21)20-12-5-7-15(25-2)16(10-12)26(19,22)23/h3,5-7,9-10H,4,8H2,1-2H3,(H,20,21)(H2,19,22,23). The summed E-state index contributed by atoms with van der Waals surface area (Å²) in [4.78, 5) is 11.9. The molecule has 0 aliphatic rings. The lowest BCUT2D eigenvalue weighted by atomic mass is 10.1. The maximum absolute atomic E-state index is 12.1. The van der Waals surface area contributed by atoms with Gasteiger partial charge in [0, 0.05) is 12.1 Å². The van der Waals surface area contributed by atoms with Crippen LogP contribution in [0, 0.1) is 0 Å². The fourth-order valence-corrected chi connectivity index (χ4v) is 3.33. The fraction of sp³-hybridized carbons (Fsp3) is 0.235. The van der Waals surface area contributed by atoms with Crippen molar-refractivity contribution in [1.29, 1.82) is 0 Å². The number of methoxy groups -OCH3 is 2. The number of hydrogen-bond acceptors (Lipinski definition) is 5. The molecule has 2 aromatic carbocycles. The van der Waals surface area contributed by atoms with Crippen LogP contribution in [0.25, 0.3) is 0 Å². The first-order valence-electron chi connectivity index (χ1n) is 7.57. The number of carbonyl (C=O) groups excluding carboxylic acids is 1. The number of amides is 1. The average Bonchev–Trinajstić information content (AvgIpc) is 2.59. The Labute approximate surface area is 157 Å². The Morgan fingerprint density at radius 2 is 1.77 bits per heavy atom. The molecule has 2 rings (SSSR count). The van der Waals surface area contributed by atoms with E-state index < -0.39 is 10.0 Å². The van der Waals surface area contributed by atoms with E-state index in [1.54, 1.807) is 12.1 Å². The van der Waals surface area contributed by atoms with Crippen LogP contribution in [0.3, 0.4) is 0 Å². The predicted octanol–water partition coefficient (Wildman–Crippen LogP) is 2.58. The van der Waals surface area contributed by atoms with Gasteiger partial charge in [-0.05, 0) is 42.3 Å².